The van der Waals surface area contributed by atoms with Crippen LogP contribution in [0.3, 0.4) is 0 Å². The number of carbonyl (C=O) groups excluding carboxylic acids is 2. The van der Waals surface area contributed by atoms with E-state index in [1.54, 1.807) is 42.5 Å². The Kier molecular flexibility index (Phi) is 6.98. The summed E-state index contributed by atoms with van der Waals surface area (Å²) >= 11 is 14.8. The number of benzene rings is 1. The van der Waals surface area contributed by atoms with Gasteiger partial charge >= 0.3 is 0 Å². The second-order valence-electron chi connectivity index (χ2n) is 7.86. The highest BCUT2D eigenvalue weighted by Crippen LogP contribution is 2.41. The predicted molar refractivity (Wildman–Crippen MR) is 137 cm³/mol. The standard InChI is InChI=1S/C25H16Cl2FN3O3S2/c26-15-4-1-2-5-18(15)36-22-16(32)12-25(31-24(22)33,14-10-11-35-13-14)19-6-3-7-21(29-19)34-17-8-9-20(28)30-23(17)27/h1-11,13,22H,12H2,(H,31,33). The minimum absolute atomic E-state index is 0.0209. The van der Waals surface area contributed by atoms with E-state index in [1.165, 1.54) is 17.4 Å². The van der Waals surface area contributed by atoms with Crippen molar-refractivity contribution in [1.29, 1.82) is 0 Å². The molecule has 1 fully saturated rings. The Hall–Kier alpha value is -2.98. The van der Waals surface area contributed by atoms with Gasteiger partial charge in [0.1, 0.15) is 10.8 Å². The summed E-state index contributed by atoms with van der Waals surface area (Å²) in [5.74, 6) is -1.17. The van der Waals surface area contributed by atoms with Crippen LogP contribution in [0.1, 0.15) is 17.7 Å². The minimum Gasteiger partial charge on any atom is -0.436 e. The molecule has 1 N–H and O–H groups in total. The molecule has 4 heterocycles. The number of thiophene rings is 1. The van der Waals surface area contributed by atoms with Gasteiger partial charge in [0.15, 0.2) is 16.7 Å². The predicted octanol–water partition coefficient (Wildman–Crippen LogP) is 6.27. The van der Waals surface area contributed by atoms with E-state index in [2.05, 4.69) is 15.3 Å². The maximum absolute atomic E-state index is 13.4. The van der Waals surface area contributed by atoms with E-state index in [9.17, 15) is 14.0 Å². The van der Waals surface area contributed by atoms with Crippen LogP contribution in [0.2, 0.25) is 10.2 Å². The van der Waals surface area contributed by atoms with Crippen LogP contribution in [0.4, 0.5) is 4.39 Å². The van der Waals surface area contributed by atoms with Gasteiger partial charge in [0, 0.05) is 17.4 Å². The van der Waals surface area contributed by atoms with Gasteiger partial charge in [0.2, 0.25) is 17.7 Å². The number of thioether (sulfide) groups is 1. The molecule has 3 aromatic heterocycles. The summed E-state index contributed by atoms with van der Waals surface area (Å²) in [6.45, 7) is 0. The number of piperidine rings is 1. The molecule has 36 heavy (non-hydrogen) atoms. The Morgan fingerprint density at radius 2 is 1.89 bits per heavy atom. The summed E-state index contributed by atoms with van der Waals surface area (Å²) in [5, 5.41) is 6.14. The Morgan fingerprint density at radius 1 is 1.06 bits per heavy atom. The van der Waals surface area contributed by atoms with Gasteiger partial charge in [-0.25, -0.2) is 9.97 Å². The molecule has 2 atom stereocenters. The number of rotatable bonds is 6. The van der Waals surface area contributed by atoms with E-state index in [-0.39, 0.29) is 29.0 Å². The highest BCUT2D eigenvalue weighted by atomic mass is 35.5. The number of Topliss-reactive ketones (excluding diaryl/α,β-unsaturated/α-hetero) is 1. The van der Waals surface area contributed by atoms with E-state index in [0.717, 1.165) is 23.4 Å². The van der Waals surface area contributed by atoms with Crippen LogP contribution in [0.5, 0.6) is 11.6 Å². The van der Waals surface area contributed by atoms with E-state index in [4.69, 9.17) is 27.9 Å². The lowest BCUT2D eigenvalue weighted by Crippen LogP contribution is -2.58. The summed E-state index contributed by atoms with van der Waals surface area (Å²) < 4.78 is 19.1. The van der Waals surface area contributed by atoms with Crippen molar-refractivity contribution in [3.8, 4) is 11.6 Å². The van der Waals surface area contributed by atoms with Crippen LogP contribution >= 0.6 is 46.3 Å². The van der Waals surface area contributed by atoms with E-state index in [1.807, 2.05) is 16.8 Å². The molecule has 0 aliphatic carbocycles. The molecule has 2 unspecified atom stereocenters. The third-order valence-corrected chi connectivity index (χ3v) is 8.28. The first-order valence-corrected chi connectivity index (χ1v) is 13.2. The zero-order chi connectivity index (χ0) is 25.3. The number of halogens is 3. The number of nitrogens with one attached hydrogen (secondary N) is 1. The number of nitrogens with zero attached hydrogens (tertiary/aromatic N) is 2. The zero-order valence-corrected chi connectivity index (χ0v) is 21.4. The largest absolute Gasteiger partial charge is 0.436 e. The summed E-state index contributed by atoms with van der Waals surface area (Å²) in [4.78, 5) is 35.5. The van der Waals surface area contributed by atoms with Crippen molar-refractivity contribution in [2.24, 2.45) is 0 Å². The lowest BCUT2D eigenvalue weighted by Gasteiger charge is -2.39. The highest BCUT2D eigenvalue weighted by Gasteiger charge is 2.48. The van der Waals surface area contributed by atoms with Crippen molar-refractivity contribution in [3.05, 3.63) is 98.8 Å². The van der Waals surface area contributed by atoms with Crippen LogP contribution in [0.15, 0.2) is 76.3 Å². The monoisotopic (exact) mass is 559 g/mol. The molecule has 182 valence electrons. The van der Waals surface area contributed by atoms with Gasteiger partial charge in [0.05, 0.1) is 10.7 Å². The molecule has 0 radical (unpaired) electrons. The van der Waals surface area contributed by atoms with Crippen molar-refractivity contribution < 1.29 is 18.7 Å². The fourth-order valence-electron chi connectivity index (χ4n) is 3.89. The quantitative estimate of drug-likeness (QED) is 0.221. The topological polar surface area (TPSA) is 81.2 Å². The van der Waals surface area contributed by atoms with Gasteiger partial charge in [-0.2, -0.15) is 15.7 Å². The molecular formula is C25H16Cl2FN3O3S2. The average Bonchev–Trinajstić information content (AvgIpc) is 3.40. The third-order valence-electron chi connectivity index (χ3n) is 5.56. The van der Waals surface area contributed by atoms with Crippen LogP contribution in [0.25, 0.3) is 0 Å². The Labute approximate surface area is 223 Å². The van der Waals surface area contributed by atoms with Gasteiger partial charge in [0.25, 0.3) is 0 Å². The van der Waals surface area contributed by atoms with Crippen molar-refractivity contribution >= 4 is 58.0 Å². The van der Waals surface area contributed by atoms with Crippen molar-refractivity contribution in [3.63, 3.8) is 0 Å². The molecule has 6 nitrogen and oxygen atoms in total. The van der Waals surface area contributed by atoms with Gasteiger partial charge in [-0.05, 0) is 52.7 Å². The fourth-order valence-corrected chi connectivity index (χ4v) is 6.04. The number of amides is 1. The van der Waals surface area contributed by atoms with Crippen LogP contribution in [-0.2, 0) is 15.1 Å². The van der Waals surface area contributed by atoms with Crippen molar-refractivity contribution in [2.75, 3.05) is 0 Å². The number of carbonyl (C=O) groups is 2. The number of pyridine rings is 2. The lowest BCUT2D eigenvalue weighted by molar-refractivity contribution is -0.133. The minimum atomic E-state index is -1.20. The molecule has 1 aromatic carbocycles. The third kappa shape index (κ3) is 4.84. The van der Waals surface area contributed by atoms with E-state index in [0.29, 0.717) is 15.6 Å². The summed E-state index contributed by atoms with van der Waals surface area (Å²) in [7, 11) is 0. The van der Waals surface area contributed by atoms with Gasteiger partial charge in [-0.1, -0.05) is 41.4 Å². The maximum Gasteiger partial charge on any atom is 0.242 e. The van der Waals surface area contributed by atoms with E-state index < -0.39 is 22.6 Å². The Morgan fingerprint density at radius 3 is 2.61 bits per heavy atom. The average molecular weight is 560 g/mol. The number of hydrogen-bond acceptors (Lipinski definition) is 7. The number of ketones is 1. The molecule has 1 saturated heterocycles. The Balaban J connectivity index is 1.49. The molecule has 1 amide bonds. The van der Waals surface area contributed by atoms with Gasteiger partial charge in [-0.3, -0.25) is 9.59 Å². The zero-order valence-electron chi connectivity index (χ0n) is 18.3. The van der Waals surface area contributed by atoms with Gasteiger partial charge < -0.3 is 10.1 Å². The molecule has 5 rings (SSSR count). The summed E-state index contributed by atoms with van der Waals surface area (Å²) in [6.07, 6.45) is -0.0209. The van der Waals surface area contributed by atoms with Crippen LogP contribution in [0, 0.1) is 5.95 Å². The molecule has 0 saturated carbocycles. The SMILES string of the molecule is O=C1CC(c2ccsc2)(c2cccc(Oc3ccc(F)nc3Cl)n2)NC(=O)C1Sc1ccccc1Cl. The molecular weight excluding hydrogens is 544 g/mol. The normalized spacial score (nSPS) is 19.7. The van der Waals surface area contributed by atoms with Crippen LogP contribution in [-0.4, -0.2) is 26.9 Å². The maximum atomic E-state index is 13.4. The van der Waals surface area contributed by atoms with Gasteiger partial charge in [-0.15, -0.1) is 11.8 Å². The van der Waals surface area contributed by atoms with Crippen molar-refractivity contribution in [1.82, 2.24) is 15.3 Å². The molecule has 11 heteroatoms. The first-order valence-electron chi connectivity index (χ1n) is 10.6. The van der Waals surface area contributed by atoms with Crippen LogP contribution < -0.4 is 10.1 Å². The molecule has 1 aliphatic rings. The number of ether oxygens (including phenoxy) is 1. The fraction of sp³-hybridized carbons (Fsp3) is 0.120. The van der Waals surface area contributed by atoms with E-state index >= 15 is 0 Å². The summed E-state index contributed by atoms with van der Waals surface area (Å²) in [6, 6.07) is 16.4. The second kappa shape index (κ2) is 10.2. The number of hydrogen-bond donors (Lipinski definition) is 1. The first-order chi connectivity index (χ1) is 17.4. The second-order valence-corrected chi connectivity index (χ2v) is 10.6. The highest BCUT2D eigenvalue weighted by molar-refractivity contribution is 8.01. The Bertz CT molecular complexity index is 1430. The molecule has 0 bridgehead atoms. The smallest absolute Gasteiger partial charge is 0.242 e. The first kappa shape index (κ1) is 24.7. The summed E-state index contributed by atoms with van der Waals surface area (Å²) in [5.41, 5.74) is -0.0651. The van der Waals surface area contributed by atoms with Crippen molar-refractivity contribution in [2.45, 2.75) is 22.1 Å². The molecule has 0 spiro atoms. The number of aromatic nitrogens is 2. The molecule has 1 aliphatic heterocycles. The molecule has 4 aromatic rings. The lowest BCUT2D eigenvalue weighted by atomic mass is 9.79.